The number of nitriles is 2. The molecule has 2 fully saturated rings. The second kappa shape index (κ2) is 6.36. The lowest BCUT2D eigenvalue weighted by molar-refractivity contribution is -0.185. The summed E-state index contributed by atoms with van der Waals surface area (Å²) >= 11 is 0. The van der Waals surface area contributed by atoms with Crippen molar-refractivity contribution in [1.82, 2.24) is 0 Å². The molecule has 1 spiro atoms. The first-order valence-electron chi connectivity index (χ1n) is 7.75. The molecule has 1 aromatic rings. The van der Waals surface area contributed by atoms with Crippen LogP contribution >= 0.6 is 0 Å². The van der Waals surface area contributed by atoms with Crippen molar-refractivity contribution >= 4 is 5.69 Å². The second-order valence-electron chi connectivity index (χ2n) is 5.85. The minimum absolute atomic E-state index is 0.0450. The number of benzene rings is 1. The summed E-state index contributed by atoms with van der Waals surface area (Å²) in [6.45, 7) is 1.10. The molecule has 1 atom stereocenters. The Kier molecular flexibility index (Phi) is 4.29. The van der Waals surface area contributed by atoms with Crippen molar-refractivity contribution in [2.75, 3.05) is 18.5 Å². The van der Waals surface area contributed by atoms with Crippen LogP contribution in [-0.2, 0) is 9.47 Å². The van der Waals surface area contributed by atoms with Crippen molar-refractivity contribution in [3.63, 3.8) is 0 Å². The largest absolute Gasteiger partial charge is 0.380 e. The van der Waals surface area contributed by atoms with Crippen LogP contribution in [0.3, 0.4) is 0 Å². The van der Waals surface area contributed by atoms with E-state index in [0.717, 1.165) is 25.7 Å². The van der Waals surface area contributed by atoms with E-state index in [0.29, 0.717) is 30.0 Å². The predicted molar refractivity (Wildman–Crippen MR) is 81.0 cm³/mol. The smallest absolute Gasteiger partial charge is 0.168 e. The molecule has 1 aliphatic carbocycles. The van der Waals surface area contributed by atoms with Crippen molar-refractivity contribution in [3.8, 4) is 12.1 Å². The normalized spacial score (nSPS) is 22.9. The number of para-hydroxylation sites is 1. The number of ether oxygens (including phenoxy) is 2. The molecule has 1 heterocycles. The van der Waals surface area contributed by atoms with Gasteiger partial charge in [-0.15, -0.1) is 0 Å². The Balaban J connectivity index is 1.65. The number of nitrogens with zero attached hydrogens (tertiary/aromatic N) is 2. The third-order valence-corrected chi connectivity index (χ3v) is 4.34. The summed E-state index contributed by atoms with van der Waals surface area (Å²) in [5, 5.41) is 21.5. The van der Waals surface area contributed by atoms with Crippen molar-refractivity contribution in [3.05, 3.63) is 29.3 Å². The van der Waals surface area contributed by atoms with Gasteiger partial charge in [-0.25, -0.2) is 0 Å². The van der Waals surface area contributed by atoms with E-state index in [-0.39, 0.29) is 6.10 Å². The lowest BCUT2D eigenvalue weighted by atomic mass is 9.94. The highest BCUT2D eigenvalue weighted by Crippen LogP contribution is 2.37. The first-order valence-corrected chi connectivity index (χ1v) is 7.75. The van der Waals surface area contributed by atoms with Crippen molar-refractivity contribution in [2.45, 2.75) is 44.0 Å². The molecule has 1 unspecified atom stereocenters. The van der Waals surface area contributed by atoms with Crippen LogP contribution in [0.4, 0.5) is 5.69 Å². The molecule has 0 radical (unpaired) electrons. The van der Waals surface area contributed by atoms with Gasteiger partial charge in [0.2, 0.25) is 0 Å². The molecule has 1 saturated carbocycles. The number of hydrogen-bond acceptors (Lipinski definition) is 5. The fraction of sp³-hybridized carbons (Fsp3) is 0.529. The molecule has 1 N–H and O–H groups in total. The standard InChI is InChI=1S/C17H19N3O2/c18-9-13-5-4-6-14(10-19)16(13)20-11-15-12-21-17(22-15)7-2-1-3-8-17/h4-6,15,20H,1-3,7-8,11-12H2. The van der Waals surface area contributed by atoms with E-state index in [9.17, 15) is 10.5 Å². The van der Waals surface area contributed by atoms with Crippen LogP contribution in [-0.4, -0.2) is 25.0 Å². The number of anilines is 1. The zero-order chi connectivity index (χ0) is 15.4. The van der Waals surface area contributed by atoms with Crippen LogP contribution in [0, 0.1) is 22.7 Å². The van der Waals surface area contributed by atoms with Gasteiger partial charge in [0.15, 0.2) is 5.79 Å². The van der Waals surface area contributed by atoms with Gasteiger partial charge in [-0.3, -0.25) is 0 Å². The zero-order valence-electron chi connectivity index (χ0n) is 12.5. The molecule has 1 saturated heterocycles. The summed E-state index contributed by atoms with van der Waals surface area (Å²) in [7, 11) is 0. The Hall–Kier alpha value is -2.08. The lowest BCUT2D eigenvalue weighted by Gasteiger charge is -2.31. The van der Waals surface area contributed by atoms with Gasteiger partial charge < -0.3 is 14.8 Å². The average Bonchev–Trinajstić information content (AvgIpc) is 2.95. The molecule has 114 valence electrons. The minimum atomic E-state index is -0.391. The highest BCUT2D eigenvalue weighted by Gasteiger charge is 2.42. The SMILES string of the molecule is N#Cc1cccc(C#N)c1NCC1COC2(CCCCC2)O1. The van der Waals surface area contributed by atoms with Crippen LogP contribution in [0.5, 0.6) is 0 Å². The molecule has 3 rings (SSSR count). The van der Waals surface area contributed by atoms with Crippen molar-refractivity contribution in [1.29, 1.82) is 10.5 Å². The van der Waals surface area contributed by atoms with Crippen molar-refractivity contribution in [2.24, 2.45) is 0 Å². The summed E-state index contributed by atoms with van der Waals surface area (Å²) in [5.41, 5.74) is 1.54. The molecule has 0 aromatic heterocycles. The van der Waals surface area contributed by atoms with Gasteiger partial charge in [-0.05, 0) is 25.0 Å². The molecule has 5 heteroatoms. The van der Waals surface area contributed by atoms with E-state index >= 15 is 0 Å². The van der Waals surface area contributed by atoms with Crippen LogP contribution in [0.2, 0.25) is 0 Å². The Labute approximate surface area is 130 Å². The summed E-state index contributed by atoms with van der Waals surface area (Å²) in [5.74, 6) is -0.391. The van der Waals surface area contributed by atoms with Gasteiger partial charge in [0, 0.05) is 19.4 Å². The highest BCUT2D eigenvalue weighted by molar-refractivity contribution is 5.66. The minimum Gasteiger partial charge on any atom is -0.380 e. The number of rotatable bonds is 3. The molecule has 0 amide bonds. The van der Waals surface area contributed by atoms with E-state index < -0.39 is 5.79 Å². The Morgan fingerprint density at radius 3 is 2.45 bits per heavy atom. The van der Waals surface area contributed by atoms with Gasteiger partial charge in [0.1, 0.15) is 18.2 Å². The highest BCUT2D eigenvalue weighted by atomic mass is 16.7. The van der Waals surface area contributed by atoms with Gasteiger partial charge in [-0.1, -0.05) is 12.5 Å². The van der Waals surface area contributed by atoms with Crippen LogP contribution in [0.15, 0.2) is 18.2 Å². The fourth-order valence-corrected chi connectivity index (χ4v) is 3.21. The Bertz CT molecular complexity index is 592. The molecule has 1 aromatic carbocycles. The maximum Gasteiger partial charge on any atom is 0.168 e. The first-order chi connectivity index (χ1) is 10.8. The Morgan fingerprint density at radius 1 is 1.14 bits per heavy atom. The molecular formula is C17H19N3O2. The molecule has 2 aliphatic rings. The molecule has 1 aliphatic heterocycles. The van der Waals surface area contributed by atoms with E-state index in [1.165, 1.54) is 6.42 Å². The second-order valence-corrected chi connectivity index (χ2v) is 5.85. The van der Waals surface area contributed by atoms with E-state index in [1.54, 1.807) is 18.2 Å². The maximum absolute atomic E-state index is 9.17. The van der Waals surface area contributed by atoms with E-state index in [2.05, 4.69) is 17.5 Å². The Morgan fingerprint density at radius 2 is 1.82 bits per heavy atom. The lowest BCUT2D eigenvalue weighted by Crippen LogP contribution is -2.34. The van der Waals surface area contributed by atoms with Crippen LogP contribution in [0.1, 0.15) is 43.2 Å². The topological polar surface area (TPSA) is 78.1 Å². The quantitative estimate of drug-likeness (QED) is 0.928. The van der Waals surface area contributed by atoms with E-state index in [4.69, 9.17) is 9.47 Å². The summed E-state index contributed by atoms with van der Waals surface area (Å²) in [6, 6.07) is 9.36. The summed E-state index contributed by atoms with van der Waals surface area (Å²) in [4.78, 5) is 0. The van der Waals surface area contributed by atoms with Crippen LogP contribution < -0.4 is 5.32 Å². The summed E-state index contributed by atoms with van der Waals surface area (Å²) in [6.07, 6.45) is 5.42. The first kappa shape index (κ1) is 14.8. The monoisotopic (exact) mass is 297 g/mol. The fourth-order valence-electron chi connectivity index (χ4n) is 3.21. The van der Waals surface area contributed by atoms with Gasteiger partial charge in [0.25, 0.3) is 0 Å². The third-order valence-electron chi connectivity index (χ3n) is 4.34. The van der Waals surface area contributed by atoms with Gasteiger partial charge in [-0.2, -0.15) is 10.5 Å². The van der Waals surface area contributed by atoms with Gasteiger partial charge in [0.05, 0.1) is 23.4 Å². The average molecular weight is 297 g/mol. The molecule has 22 heavy (non-hydrogen) atoms. The number of nitrogens with one attached hydrogen (secondary N) is 1. The van der Waals surface area contributed by atoms with Gasteiger partial charge >= 0.3 is 0 Å². The molecule has 0 bridgehead atoms. The summed E-state index contributed by atoms with van der Waals surface area (Å²) < 4.78 is 12.0. The van der Waals surface area contributed by atoms with Crippen molar-refractivity contribution < 1.29 is 9.47 Å². The zero-order valence-corrected chi connectivity index (χ0v) is 12.5. The third kappa shape index (κ3) is 2.92. The molecule has 5 nitrogen and oxygen atoms in total. The predicted octanol–water partition coefficient (Wildman–Crippen LogP) is 2.92. The molecular weight excluding hydrogens is 278 g/mol. The number of hydrogen-bond donors (Lipinski definition) is 1. The van der Waals surface area contributed by atoms with E-state index in [1.807, 2.05) is 0 Å². The maximum atomic E-state index is 9.17. The van der Waals surface area contributed by atoms with Crippen LogP contribution in [0.25, 0.3) is 0 Å².